The molecule has 2 aromatic rings. The number of rotatable bonds is 13. The van der Waals surface area contributed by atoms with Crippen LogP contribution in [0.1, 0.15) is 38.3 Å². The standard InChI is InChI=1S/C31H43N7O6S/c1-3-44-31(41)23-35-17-19-37(20-18-35)45(42,43)38(22-30(40)34-21-29(39)33-14-13-32)26-11-15-36(16-12-26)24(2)27-10-6-8-25-7-4-5-9-28(25)27/h4-10,24,26H,3,11-12,14-23H2,1-2H3,(H,33,39)(H,34,40). The highest BCUT2D eigenvalue weighted by atomic mass is 32.2. The third-order valence-corrected chi connectivity index (χ3v) is 10.5. The summed E-state index contributed by atoms with van der Waals surface area (Å²) in [6.45, 7) is 5.66. The number of hydrogen-bond acceptors (Lipinski definition) is 9. The quantitative estimate of drug-likeness (QED) is 0.239. The summed E-state index contributed by atoms with van der Waals surface area (Å²) < 4.78 is 35.8. The Labute approximate surface area is 265 Å². The van der Waals surface area contributed by atoms with Crippen LogP contribution in [0.25, 0.3) is 10.8 Å². The van der Waals surface area contributed by atoms with E-state index in [9.17, 15) is 22.8 Å². The fourth-order valence-electron chi connectivity index (χ4n) is 6.00. The maximum atomic E-state index is 14.0. The van der Waals surface area contributed by atoms with Crippen LogP contribution >= 0.6 is 0 Å². The molecule has 1 unspecified atom stereocenters. The Bertz CT molecular complexity index is 1480. The van der Waals surface area contributed by atoms with Crippen LogP contribution in [0.4, 0.5) is 0 Å². The summed E-state index contributed by atoms with van der Waals surface area (Å²) in [5.41, 5.74) is 1.21. The van der Waals surface area contributed by atoms with Crippen molar-refractivity contribution >= 4 is 38.8 Å². The largest absolute Gasteiger partial charge is 0.465 e. The van der Waals surface area contributed by atoms with Gasteiger partial charge in [-0.15, -0.1) is 0 Å². The number of carbonyl (C=O) groups excluding carboxylic acids is 3. The van der Waals surface area contributed by atoms with Crippen LogP contribution in [-0.4, -0.2) is 123 Å². The Hall–Kier alpha value is -3.61. The highest BCUT2D eigenvalue weighted by Gasteiger charge is 2.40. The van der Waals surface area contributed by atoms with Gasteiger partial charge in [-0.05, 0) is 43.0 Å². The molecule has 0 radical (unpaired) electrons. The summed E-state index contributed by atoms with van der Waals surface area (Å²) in [6.07, 6.45) is 1.07. The van der Waals surface area contributed by atoms with Gasteiger partial charge >= 0.3 is 5.97 Å². The normalized spacial score (nSPS) is 17.9. The third-order valence-electron chi connectivity index (χ3n) is 8.45. The van der Waals surface area contributed by atoms with Crippen molar-refractivity contribution < 1.29 is 27.5 Å². The van der Waals surface area contributed by atoms with Crippen molar-refractivity contribution in [3.63, 3.8) is 0 Å². The number of carbonyl (C=O) groups is 3. The average Bonchev–Trinajstić information content (AvgIpc) is 3.05. The van der Waals surface area contributed by atoms with Crippen LogP contribution in [-0.2, 0) is 29.3 Å². The van der Waals surface area contributed by atoms with E-state index < -0.39 is 34.6 Å². The fraction of sp³-hybridized carbons (Fsp3) is 0.548. The van der Waals surface area contributed by atoms with Gasteiger partial charge in [-0.3, -0.25) is 24.2 Å². The summed E-state index contributed by atoms with van der Waals surface area (Å²) in [6, 6.07) is 16.0. The Morgan fingerprint density at radius 3 is 2.38 bits per heavy atom. The number of fused-ring (bicyclic) bond motifs is 1. The minimum absolute atomic E-state index is 0.0923. The topological polar surface area (TPSA) is 155 Å². The molecule has 0 aliphatic carbocycles. The van der Waals surface area contributed by atoms with Crippen molar-refractivity contribution in [1.29, 1.82) is 5.26 Å². The molecule has 2 saturated heterocycles. The van der Waals surface area contributed by atoms with E-state index in [0.717, 1.165) is 0 Å². The first kappa shape index (κ1) is 34.3. The number of nitrogens with zero attached hydrogens (tertiary/aromatic N) is 5. The number of nitriles is 1. The number of piperazine rings is 1. The lowest BCUT2D eigenvalue weighted by Crippen LogP contribution is -2.58. The first-order valence-electron chi connectivity index (χ1n) is 15.4. The number of benzene rings is 2. The second kappa shape index (κ2) is 16.1. The predicted molar refractivity (Wildman–Crippen MR) is 169 cm³/mol. The van der Waals surface area contributed by atoms with Crippen molar-refractivity contribution in [2.45, 2.75) is 38.8 Å². The lowest BCUT2D eigenvalue weighted by molar-refractivity contribution is -0.144. The Kier molecular flexibility index (Phi) is 12.3. The SMILES string of the molecule is CCOC(=O)CN1CCN(S(=O)(=O)N(CC(=O)NCC(=O)NCC#N)C2CCN(C(C)c3cccc4ccccc34)CC2)CC1. The molecule has 0 bridgehead atoms. The minimum atomic E-state index is -4.05. The van der Waals surface area contributed by atoms with Gasteiger partial charge in [0.2, 0.25) is 11.8 Å². The van der Waals surface area contributed by atoms with E-state index in [2.05, 4.69) is 52.8 Å². The molecule has 14 heteroatoms. The van der Waals surface area contributed by atoms with Gasteiger partial charge in [0.25, 0.3) is 10.2 Å². The highest BCUT2D eigenvalue weighted by Crippen LogP contribution is 2.31. The van der Waals surface area contributed by atoms with Crippen molar-refractivity contribution in [3.05, 3.63) is 48.0 Å². The van der Waals surface area contributed by atoms with E-state index >= 15 is 0 Å². The van der Waals surface area contributed by atoms with Gasteiger partial charge in [0, 0.05) is 51.4 Å². The first-order valence-corrected chi connectivity index (χ1v) is 16.8. The fourth-order valence-corrected chi connectivity index (χ4v) is 7.79. The van der Waals surface area contributed by atoms with E-state index in [1.165, 1.54) is 24.9 Å². The van der Waals surface area contributed by atoms with Gasteiger partial charge in [0.1, 0.15) is 6.54 Å². The zero-order valence-electron chi connectivity index (χ0n) is 26.0. The summed E-state index contributed by atoms with van der Waals surface area (Å²) in [7, 11) is -4.05. The van der Waals surface area contributed by atoms with Gasteiger partial charge < -0.3 is 15.4 Å². The number of ether oxygens (including phenoxy) is 1. The van der Waals surface area contributed by atoms with E-state index in [0.29, 0.717) is 39.0 Å². The van der Waals surface area contributed by atoms with Crippen molar-refractivity contribution in [1.82, 2.24) is 29.0 Å². The average molecular weight is 642 g/mol. The summed E-state index contributed by atoms with van der Waals surface area (Å²) in [5.74, 6) is -1.48. The van der Waals surface area contributed by atoms with E-state index in [4.69, 9.17) is 10.00 Å². The molecule has 2 aromatic carbocycles. The molecule has 2 N–H and O–H groups in total. The molecule has 45 heavy (non-hydrogen) atoms. The molecule has 2 fully saturated rings. The Morgan fingerprint density at radius 1 is 1.00 bits per heavy atom. The smallest absolute Gasteiger partial charge is 0.320 e. The van der Waals surface area contributed by atoms with Crippen LogP contribution in [0.5, 0.6) is 0 Å². The van der Waals surface area contributed by atoms with Gasteiger partial charge in [-0.25, -0.2) is 0 Å². The van der Waals surface area contributed by atoms with Crippen LogP contribution < -0.4 is 10.6 Å². The van der Waals surface area contributed by atoms with Crippen molar-refractivity contribution in [2.24, 2.45) is 0 Å². The molecular weight excluding hydrogens is 598 g/mol. The molecular formula is C31H43N7O6S. The van der Waals surface area contributed by atoms with E-state index in [1.54, 1.807) is 13.0 Å². The molecule has 2 heterocycles. The molecule has 0 spiro atoms. The number of amides is 2. The van der Waals surface area contributed by atoms with Crippen LogP contribution in [0.3, 0.4) is 0 Å². The number of nitrogens with one attached hydrogen (secondary N) is 2. The Balaban J connectivity index is 1.45. The Morgan fingerprint density at radius 2 is 1.69 bits per heavy atom. The number of hydrogen-bond donors (Lipinski definition) is 2. The zero-order valence-corrected chi connectivity index (χ0v) is 26.8. The van der Waals surface area contributed by atoms with Crippen molar-refractivity contribution in [2.75, 3.05) is 72.1 Å². The summed E-state index contributed by atoms with van der Waals surface area (Å²) >= 11 is 0. The monoisotopic (exact) mass is 641 g/mol. The highest BCUT2D eigenvalue weighted by molar-refractivity contribution is 7.86. The van der Waals surface area contributed by atoms with Crippen molar-refractivity contribution in [3.8, 4) is 6.07 Å². The minimum Gasteiger partial charge on any atom is -0.465 e. The second-order valence-corrected chi connectivity index (χ2v) is 13.1. The third kappa shape index (κ3) is 8.99. The van der Waals surface area contributed by atoms with E-state index in [1.807, 2.05) is 17.0 Å². The lowest BCUT2D eigenvalue weighted by Gasteiger charge is -2.42. The number of esters is 1. The van der Waals surface area contributed by atoms with Gasteiger partial charge in [0.05, 0.1) is 32.3 Å². The molecule has 2 amide bonds. The van der Waals surface area contributed by atoms with Gasteiger partial charge in [0.15, 0.2) is 0 Å². The lowest BCUT2D eigenvalue weighted by atomic mass is 9.96. The summed E-state index contributed by atoms with van der Waals surface area (Å²) in [4.78, 5) is 41.0. The van der Waals surface area contributed by atoms with Gasteiger partial charge in [-0.1, -0.05) is 42.5 Å². The molecule has 244 valence electrons. The van der Waals surface area contributed by atoms with Gasteiger partial charge in [-0.2, -0.15) is 22.3 Å². The molecule has 4 rings (SSSR count). The van der Waals surface area contributed by atoms with Crippen LogP contribution in [0.15, 0.2) is 42.5 Å². The molecule has 2 aliphatic rings. The molecule has 0 saturated carbocycles. The maximum absolute atomic E-state index is 14.0. The summed E-state index contributed by atoms with van der Waals surface area (Å²) in [5, 5.41) is 15.9. The van der Waals surface area contributed by atoms with Crippen LogP contribution in [0, 0.1) is 11.3 Å². The molecule has 1 atom stereocenters. The van der Waals surface area contributed by atoms with E-state index in [-0.39, 0.29) is 51.3 Å². The molecule has 0 aromatic heterocycles. The number of piperidine rings is 1. The zero-order chi connectivity index (χ0) is 32.4. The van der Waals surface area contributed by atoms with Crippen LogP contribution in [0.2, 0.25) is 0 Å². The molecule has 2 aliphatic heterocycles. The maximum Gasteiger partial charge on any atom is 0.320 e. The second-order valence-electron chi connectivity index (χ2n) is 11.3. The molecule has 13 nitrogen and oxygen atoms in total. The predicted octanol–water partition coefficient (Wildman–Crippen LogP) is 0.849. The first-order chi connectivity index (χ1) is 21.6. The number of likely N-dealkylation sites (tertiary alicyclic amines) is 1.